The van der Waals surface area contributed by atoms with Gasteiger partial charge in [-0.3, -0.25) is 20.2 Å². The van der Waals surface area contributed by atoms with Gasteiger partial charge in [-0.2, -0.15) is 0 Å². The lowest BCUT2D eigenvalue weighted by atomic mass is 10.1. The van der Waals surface area contributed by atoms with E-state index in [0.29, 0.717) is 6.42 Å². The van der Waals surface area contributed by atoms with E-state index < -0.39 is 4.92 Å². The normalized spacial score (nSPS) is 24.0. The third-order valence-electron chi connectivity index (χ3n) is 4.73. The van der Waals surface area contributed by atoms with Crippen LogP contribution in [0, 0.1) is 10.1 Å². The smallest absolute Gasteiger partial charge is 0.269 e. The molecule has 1 aromatic carbocycles. The average Bonchev–Trinajstić information content (AvgIpc) is 3.02. The highest BCUT2D eigenvalue weighted by molar-refractivity contribution is 5.85. The van der Waals surface area contributed by atoms with E-state index in [9.17, 15) is 14.9 Å². The minimum Gasteiger partial charge on any atom is -0.326 e. The van der Waals surface area contributed by atoms with Gasteiger partial charge >= 0.3 is 0 Å². The summed E-state index contributed by atoms with van der Waals surface area (Å²) in [7, 11) is 1.87. The lowest BCUT2D eigenvalue weighted by Crippen LogP contribution is -2.48. The van der Waals surface area contributed by atoms with Crippen LogP contribution in [0.1, 0.15) is 31.2 Å². The molecule has 1 atom stereocenters. The zero-order valence-corrected chi connectivity index (χ0v) is 12.0. The molecule has 1 saturated heterocycles. The highest BCUT2D eigenvalue weighted by Gasteiger charge is 2.49. The number of nitrogens with one attached hydrogen (secondary N) is 1. The van der Waals surface area contributed by atoms with Crippen molar-refractivity contribution in [3.63, 3.8) is 0 Å². The molecule has 0 radical (unpaired) electrons. The first-order valence-corrected chi connectivity index (χ1v) is 7.30. The highest BCUT2D eigenvalue weighted by Crippen LogP contribution is 2.37. The summed E-state index contributed by atoms with van der Waals surface area (Å²) in [4.78, 5) is 24.5. The summed E-state index contributed by atoms with van der Waals surface area (Å²) in [5.41, 5.74) is 0.853. The van der Waals surface area contributed by atoms with Crippen LogP contribution in [0.15, 0.2) is 24.3 Å². The molecule has 6 heteroatoms. The lowest BCUT2D eigenvalue weighted by Gasteiger charge is -2.31. The molecule has 1 spiro atoms. The number of non-ortho nitro benzene ring substituents is 1. The van der Waals surface area contributed by atoms with Crippen molar-refractivity contribution in [2.75, 3.05) is 7.05 Å². The number of rotatable bonds is 3. The monoisotopic (exact) mass is 289 g/mol. The van der Waals surface area contributed by atoms with Crippen molar-refractivity contribution in [3.8, 4) is 0 Å². The summed E-state index contributed by atoms with van der Waals surface area (Å²) in [6.45, 7) is 0. The van der Waals surface area contributed by atoms with E-state index in [2.05, 4.69) is 5.32 Å². The third-order valence-corrected chi connectivity index (χ3v) is 4.73. The first-order valence-electron chi connectivity index (χ1n) is 7.30. The van der Waals surface area contributed by atoms with Crippen molar-refractivity contribution in [3.05, 3.63) is 39.9 Å². The van der Waals surface area contributed by atoms with E-state index in [1.54, 1.807) is 12.1 Å². The van der Waals surface area contributed by atoms with Crippen molar-refractivity contribution in [2.45, 2.75) is 43.8 Å². The van der Waals surface area contributed by atoms with Gasteiger partial charge in [-0.15, -0.1) is 0 Å². The van der Waals surface area contributed by atoms with Crippen LogP contribution in [0.5, 0.6) is 0 Å². The maximum atomic E-state index is 12.4. The fraction of sp³-hybridized carbons (Fsp3) is 0.533. The van der Waals surface area contributed by atoms with Crippen LogP contribution in [-0.2, 0) is 11.2 Å². The highest BCUT2D eigenvalue weighted by atomic mass is 16.6. The van der Waals surface area contributed by atoms with Gasteiger partial charge in [-0.1, -0.05) is 12.1 Å². The minimum atomic E-state index is -0.413. The second-order valence-corrected chi connectivity index (χ2v) is 5.96. The number of hydrogen-bond donors (Lipinski definition) is 1. The first kappa shape index (κ1) is 14.0. The molecule has 0 unspecified atom stereocenters. The number of benzene rings is 1. The van der Waals surface area contributed by atoms with Crippen LogP contribution >= 0.6 is 0 Å². The largest absolute Gasteiger partial charge is 0.326 e. The molecule has 1 N–H and O–H groups in total. The van der Waals surface area contributed by atoms with Gasteiger partial charge in [-0.05, 0) is 37.7 Å². The molecule has 0 bridgehead atoms. The SMILES string of the molecule is CN1C(=O)[C@H](Cc2ccc([N+](=O)[O-])cc2)NC12CCCC2. The van der Waals surface area contributed by atoms with Crippen molar-refractivity contribution in [1.29, 1.82) is 0 Å². The van der Waals surface area contributed by atoms with Gasteiger partial charge in [0.15, 0.2) is 0 Å². The molecule has 21 heavy (non-hydrogen) atoms. The molecule has 2 fully saturated rings. The predicted octanol–water partition coefficient (Wildman–Crippen LogP) is 1.84. The summed E-state index contributed by atoms with van der Waals surface area (Å²) in [6.07, 6.45) is 4.88. The van der Waals surface area contributed by atoms with Crippen LogP contribution in [0.2, 0.25) is 0 Å². The van der Waals surface area contributed by atoms with Crippen molar-refractivity contribution in [1.82, 2.24) is 10.2 Å². The number of carbonyl (C=O) groups is 1. The second-order valence-electron chi connectivity index (χ2n) is 5.96. The number of hydrogen-bond acceptors (Lipinski definition) is 4. The number of nitro benzene ring substituents is 1. The average molecular weight is 289 g/mol. The van der Waals surface area contributed by atoms with Crippen molar-refractivity contribution in [2.24, 2.45) is 0 Å². The molecule has 6 nitrogen and oxygen atoms in total. The zero-order chi connectivity index (χ0) is 15.0. The fourth-order valence-corrected chi connectivity index (χ4v) is 3.49. The molecule has 1 heterocycles. The zero-order valence-electron chi connectivity index (χ0n) is 12.0. The number of nitrogens with zero attached hydrogens (tertiary/aromatic N) is 2. The Hall–Kier alpha value is -1.95. The van der Waals surface area contributed by atoms with Gasteiger partial charge in [0.2, 0.25) is 5.91 Å². The molecule has 3 rings (SSSR count). The Balaban J connectivity index is 1.73. The molecule has 2 aliphatic rings. The maximum absolute atomic E-state index is 12.4. The Bertz CT molecular complexity index is 564. The second kappa shape index (κ2) is 5.11. The van der Waals surface area contributed by atoms with Crippen LogP contribution in [0.25, 0.3) is 0 Å². The topological polar surface area (TPSA) is 75.5 Å². The molecule has 0 aromatic heterocycles. The Morgan fingerprint density at radius 3 is 2.52 bits per heavy atom. The lowest BCUT2D eigenvalue weighted by molar-refractivity contribution is -0.384. The molecule has 1 aliphatic carbocycles. The van der Waals surface area contributed by atoms with Gasteiger partial charge in [0.05, 0.1) is 16.6 Å². The van der Waals surface area contributed by atoms with Gasteiger partial charge < -0.3 is 4.90 Å². The Morgan fingerprint density at radius 2 is 1.95 bits per heavy atom. The van der Waals surface area contributed by atoms with Crippen LogP contribution in [0.3, 0.4) is 0 Å². The Labute approximate surface area is 123 Å². The molecule has 1 aliphatic heterocycles. The summed E-state index contributed by atoms with van der Waals surface area (Å²) < 4.78 is 0. The van der Waals surface area contributed by atoms with E-state index in [1.165, 1.54) is 12.1 Å². The van der Waals surface area contributed by atoms with Gasteiger partial charge in [-0.25, -0.2) is 0 Å². The molecule has 112 valence electrons. The van der Waals surface area contributed by atoms with Crippen molar-refractivity contribution < 1.29 is 9.72 Å². The Kier molecular flexibility index (Phi) is 3.41. The summed E-state index contributed by atoms with van der Waals surface area (Å²) in [5.74, 6) is 0.121. The van der Waals surface area contributed by atoms with E-state index in [-0.39, 0.29) is 23.3 Å². The number of amides is 1. The fourth-order valence-electron chi connectivity index (χ4n) is 3.49. The summed E-state index contributed by atoms with van der Waals surface area (Å²) >= 11 is 0. The maximum Gasteiger partial charge on any atom is 0.269 e. The summed E-state index contributed by atoms with van der Waals surface area (Å²) in [5, 5.41) is 14.1. The van der Waals surface area contributed by atoms with Gasteiger partial charge in [0.25, 0.3) is 5.69 Å². The number of carbonyl (C=O) groups excluding carboxylic acids is 1. The Morgan fingerprint density at radius 1 is 1.33 bits per heavy atom. The third kappa shape index (κ3) is 2.40. The first-order chi connectivity index (χ1) is 10.0. The van der Waals surface area contributed by atoms with E-state index in [1.807, 2.05) is 11.9 Å². The molecular weight excluding hydrogens is 270 g/mol. The summed E-state index contributed by atoms with van der Waals surface area (Å²) in [6, 6.07) is 6.21. The van der Waals surface area contributed by atoms with E-state index >= 15 is 0 Å². The van der Waals surface area contributed by atoms with Crippen LogP contribution in [-0.4, -0.2) is 34.5 Å². The van der Waals surface area contributed by atoms with Gasteiger partial charge in [0, 0.05) is 19.2 Å². The standard InChI is InChI=1S/C15H19N3O3/c1-17-14(19)13(16-15(17)8-2-3-9-15)10-11-4-6-12(7-5-11)18(20)21/h4-7,13,16H,2-3,8-10H2,1H3/t13-/m0/s1. The van der Waals surface area contributed by atoms with Gasteiger partial charge in [0.1, 0.15) is 0 Å². The number of nitro groups is 1. The quantitative estimate of drug-likeness (QED) is 0.680. The van der Waals surface area contributed by atoms with Crippen LogP contribution in [0.4, 0.5) is 5.69 Å². The van der Waals surface area contributed by atoms with E-state index in [4.69, 9.17) is 0 Å². The minimum absolute atomic E-state index is 0.0776. The van der Waals surface area contributed by atoms with Crippen LogP contribution < -0.4 is 5.32 Å². The molecule has 1 aromatic rings. The number of likely N-dealkylation sites (N-methyl/N-ethyl adjacent to an activating group) is 1. The predicted molar refractivity (Wildman–Crippen MR) is 77.7 cm³/mol. The molecular formula is C15H19N3O3. The molecule has 1 amide bonds. The molecule has 1 saturated carbocycles. The van der Waals surface area contributed by atoms with Crippen molar-refractivity contribution >= 4 is 11.6 Å². The van der Waals surface area contributed by atoms with E-state index in [0.717, 1.165) is 31.2 Å².